The van der Waals surface area contributed by atoms with Gasteiger partial charge in [0.1, 0.15) is 5.75 Å². The number of fused-ring (bicyclic) bond motifs is 1. The third kappa shape index (κ3) is 5.67. The summed E-state index contributed by atoms with van der Waals surface area (Å²) < 4.78 is 5.38. The van der Waals surface area contributed by atoms with Crippen LogP contribution < -0.4 is 4.74 Å². The minimum Gasteiger partial charge on any atom is -0.497 e. The van der Waals surface area contributed by atoms with E-state index in [1.54, 1.807) is 18.4 Å². The van der Waals surface area contributed by atoms with Crippen molar-refractivity contribution in [2.45, 2.75) is 38.5 Å². The lowest BCUT2D eigenvalue weighted by Gasteiger charge is -2.36. The van der Waals surface area contributed by atoms with Crippen molar-refractivity contribution in [3.63, 3.8) is 0 Å². The maximum atomic E-state index is 12.0. The first-order valence-corrected chi connectivity index (χ1v) is 12.5. The molecular formula is C26H32N2O3S. The number of carboxylic acids is 1. The van der Waals surface area contributed by atoms with E-state index in [9.17, 15) is 9.90 Å². The van der Waals surface area contributed by atoms with Gasteiger partial charge in [-0.15, -0.1) is 0 Å². The molecule has 1 fully saturated rings. The van der Waals surface area contributed by atoms with E-state index in [1.165, 1.54) is 11.1 Å². The SMILES string of the molecule is COc1ccc2nccc(CCC[C@@H]3CCN(CCCc4ccsc4)C[C@@H]3C(=O)O)c2c1. The monoisotopic (exact) mass is 452 g/mol. The summed E-state index contributed by atoms with van der Waals surface area (Å²) in [5.41, 5.74) is 3.62. The molecule has 1 aliphatic heterocycles. The molecule has 1 aromatic carbocycles. The van der Waals surface area contributed by atoms with Gasteiger partial charge in [0.25, 0.3) is 0 Å². The molecule has 32 heavy (non-hydrogen) atoms. The van der Waals surface area contributed by atoms with Crippen molar-refractivity contribution in [2.24, 2.45) is 11.8 Å². The van der Waals surface area contributed by atoms with Gasteiger partial charge in [-0.2, -0.15) is 11.3 Å². The van der Waals surface area contributed by atoms with E-state index in [-0.39, 0.29) is 11.8 Å². The second kappa shape index (κ2) is 10.9. The average Bonchev–Trinajstić information content (AvgIpc) is 3.33. The summed E-state index contributed by atoms with van der Waals surface area (Å²) in [7, 11) is 1.68. The Morgan fingerprint density at radius 2 is 2.16 bits per heavy atom. The van der Waals surface area contributed by atoms with Gasteiger partial charge in [0.15, 0.2) is 0 Å². The maximum absolute atomic E-state index is 12.0. The first-order chi connectivity index (χ1) is 15.6. The Kier molecular flexibility index (Phi) is 7.76. The van der Waals surface area contributed by atoms with Crippen molar-refractivity contribution in [3.8, 4) is 5.75 Å². The molecule has 0 amide bonds. The third-order valence-corrected chi connectivity index (χ3v) is 7.47. The zero-order valence-corrected chi connectivity index (χ0v) is 19.5. The van der Waals surface area contributed by atoms with Gasteiger partial charge in [-0.05, 0) is 110 Å². The predicted octanol–water partition coefficient (Wildman–Crippen LogP) is 5.28. The third-order valence-electron chi connectivity index (χ3n) is 6.74. The number of piperidine rings is 1. The summed E-state index contributed by atoms with van der Waals surface area (Å²) in [5.74, 6) is 0.183. The van der Waals surface area contributed by atoms with E-state index < -0.39 is 5.97 Å². The largest absolute Gasteiger partial charge is 0.497 e. The lowest BCUT2D eigenvalue weighted by molar-refractivity contribution is -0.146. The number of methoxy groups -OCH3 is 1. The molecule has 0 aliphatic carbocycles. The van der Waals surface area contributed by atoms with Gasteiger partial charge in [-0.3, -0.25) is 9.78 Å². The summed E-state index contributed by atoms with van der Waals surface area (Å²) in [5, 5.41) is 15.3. The Bertz CT molecular complexity index is 1020. The normalized spacial score (nSPS) is 19.3. The zero-order chi connectivity index (χ0) is 22.3. The van der Waals surface area contributed by atoms with Crippen LogP contribution in [0.1, 0.15) is 36.8 Å². The number of aryl methyl sites for hydroxylation is 2. The van der Waals surface area contributed by atoms with Crippen LogP contribution in [-0.2, 0) is 17.6 Å². The Morgan fingerprint density at radius 3 is 2.94 bits per heavy atom. The molecule has 3 heterocycles. The number of rotatable bonds is 10. The van der Waals surface area contributed by atoms with E-state index in [0.717, 1.165) is 68.3 Å². The van der Waals surface area contributed by atoms with Crippen LogP contribution in [0.15, 0.2) is 47.3 Å². The molecule has 170 valence electrons. The predicted molar refractivity (Wildman–Crippen MR) is 130 cm³/mol. The van der Waals surface area contributed by atoms with Crippen molar-refractivity contribution >= 4 is 28.2 Å². The van der Waals surface area contributed by atoms with Crippen LogP contribution in [0, 0.1) is 11.8 Å². The molecular weight excluding hydrogens is 420 g/mol. The number of nitrogens with zero attached hydrogens (tertiary/aromatic N) is 2. The van der Waals surface area contributed by atoms with Gasteiger partial charge in [-0.25, -0.2) is 0 Å². The Hall–Kier alpha value is -2.44. The fraction of sp³-hybridized carbons (Fsp3) is 0.462. The van der Waals surface area contributed by atoms with Crippen LogP contribution in [0.2, 0.25) is 0 Å². The molecule has 6 heteroatoms. The van der Waals surface area contributed by atoms with Crippen LogP contribution in [0.25, 0.3) is 10.9 Å². The highest BCUT2D eigenvalue weighted by atomic mass is 32.1. The molecule has 3 aromatic rings. The Balaban J connectivity index is 1.30. The second-order valence-corrected chi connectivity index (χ2v) is 9.55. The number of aromatic nitrogens is 1. The minimum atomic E-state index is -0.642. The van der Waals surface area contributed by atoms with Crippen LogP contribution in [0.4, 0.5) is 0 Å². The summed E-state index contributed by atoms with van der Waals surface area (Å²) in [4.78, 5) is 18.8. The average molecular weight is 453 g/mol. The van der Waals surface area contributed by atoms with Crippen molar-refractivity contribution in [3.05, 3.63) is 58.4 Å². The van der Waals surface area contributed by atoms with Gasteiger partial charge in [0.2, 0.25) is 0 Å². The number of ether oxygens (including phenoxy) is 1. The van der Waals surface area contributed by atoms with Gasteiger partial charge in [0, 0.05) is 18.1 Å². The molecule has 0 saturated carbocycles. The number of carboxylic acid groups (broad SMARTS) is 1. The van der Waals surface area contributed by atoms with Crippen LogP contribution in [0.3, 0.4) is 0 Å². The summed E-state index contributed by atoms with van der Waals surface area (Å²) in [6.45, 7) is 2.67. The molecule has 2 aromatic heterocycles. The first kappa shape index (κ1) is 22.7. The highest BCUT2D eigenvalue weighted by Gasteiger charge is 2.33. The number of hydrogen-bond donors (Lipinski definition) is 1. The van der Waals surface area contributed by atoms with Crippen LogP contribution >= 0.6 is 11.3 Å². The summed E-state index contributed by atoms with van der Waals surface area (Å²) in [6, 6.07) is 10.2. The first-order valence-electron chi connectivity index (χ1n) is 11.5. The van der Waals surface area contributed by atoms with Crippen molar-refractivity contribution in [2.75, 3.05) is 26.7 Å². The fourth-order valence-electron chi connectivity index (χ4n) is 4.92. The molecule has 2 atom stereocenters. The molecule has 4 rings (SSSR count). The second-order valence-electron chi connectivity index (χ2n) is 8.77. The summed E-state index contributed by atoms with van der Waals surface area (Å²) >= 11 is 1.74. The molecule has 5 nitrogen and oxygen atoms in total. The number of pyridine rings is 1. The van der Waals surface area contributed by atoms with Gasteiger partial charge in [0.05, 0.1) is 18.5 Å². The van der Waals surface area contributed by atoms with E-state index in [2.05, 4.69) is 32.8 Å². The lowest BCUT2D eigenvalue weighted by atomic mass is 9.81. The molecule has 0 unspecified atom stereocenters. The van der Waals surface area contributed by atoms with Gasteiger partial charge in [-0.1, -0.05) is 0 Å². The highest BCUT2D eigenvalue weighted by Crippen LogP contribution is 2.30. The number of thiophene rings is 1. The number of carbonyl (C=O) groups is 1. The van der Waals surface area contributed by atoms with Crippen LogP contribution in [0.5, 0.6) is 5.75 Å². The Labute approximate surface area is 194 Å². The van der Waals surface area contributed by atoms with Crippen molar-refractivity contribution in [1.82, 2.24) is 9.88 Å². The standard InChI is InChI=1S/C26H32N2O3S/c1-31-22-7-8-25-23(16-22)20(9-12-27-25)5-2-6-21-10-14-28(17-24(21)26(29)30)13-3-4-19-11-15-32-18-19/h7-9,11-12,15-16,18,21,24H,2-6,10,13-14,17H2,1H3,(H,29,30)/t21-,24+/m1/s1. The number of likely N-dealkylation sites (tertiary alicyclic amines) is 1. The molecule has 0 spiro atoms. The molecule has 1 saturated heterocycles. The molecule has 0 radical (unpaired) electrons. The van der Waals surface area contributed by atoms with E-state index >= 15 is 0 Å². The number of hydrogen-bond acceptors (Lipinski definition) is 5. The molecule has 1 N–H and O–H groups in total. The minimum absolute atomic E-state index is 0.253. The van der Waals surface area contributed by atoms with Crippen LogP contribution in [-0.4, -0.2) is 47.7 Å². The smallest absolute Gasteiger partial charge is 0.308 e. The maximum Gasteiger partial charge on any atom is 0.308 e. The van der Waals surface area contributed by atoms with E-state index in [4.69, 9.17) is 4.74 Å². The zero-order valence-electron chi connectivity index (χ0n) is 18.7. The van der Waals surface area contributed by atoms with Gasteiger partial charge < -0.3 is 14.7 Å². The van der Waals surface area contributed by atoms with E-state index in [0.29, 0.717) is 6.54 Å². The highest BCUT2D eigenvalue weighted by molar-refractivity contribution is 7.07. The quantitative estimate of drug-likeness (QED) is 0.453. The molecule has 0 bridgehead atoms. The summed E-state index contributed by atoms with van der Waals surface area (Å²) in [6.07, 6.45) is 7.87. The number of aliphatic carboxylic acids is 1. The van der Waals surface area contributed by atoms with Gasteiger partial charge >= 0.3 is 5.97 Å². The van der Waals surface area contributed by atoms with E-state index in [1.807, 2.05) is 24.4 Å². The van der Waals surface area contributed by atoms with Crippen molar-refractivity contribution in [1.29, 1.82) is 0 Å². The number of benzene rings is 1. The fourth-order valence-corrected chi connectivity index (χ4v) is 5.62. The Morgan fingerprint density at radius 1 is 1.25 bits per heavy atom. The lowest BCUT2D eigenvalue weighted by Crippen LogP contribution is -2.44. The van der Waals surface area contributed by atoms with Crippen molar-refractivity contribution < 1.29 is 14.6 Å². The molecule has 1 aliphatic rings. The topological polar surface area (TPSA) is 62.7 Å².